The molecule has 1 N–H and O–H groups in total. The predicted octanol–water partition coefficient (Wildman–Crippen LogP) is 0.924. The van der Waals surface area contributed by atoms with E-state index in [-0.39, 0.29) is 11.8 Å². The first-order chi connectivity index (χ1) is 5.84. The van der Waals surface area contributed by atoms with Crippen LogP contribution in [0.15, 0.2) is 0 Å². The van der Waals surface area contributed by atoms with Crippen molar-refractivity contribution in [1.29, 1.82) is 0 Å². The topological polar surface area (TPSA) is 38.3 Å². The fourth-order valence-corrected chi connectivity index (χ4v) is 1.47. The van der Waals surface area contributed by atoms with Crippen LogP contribution in [0.5, 0.6) is 0 Å². The van der Waals surface area contributed by atoms with Gasteiger partial charge in [-0.05, 0) is 12.8 Å². The third kappa shape index (κ3) is 3.11. The van der Waals surface area contributed by atoms with E-state index in [4.69, 9.17) is 4.74 Å². The van der Waals surface area contributed by atoms with Gasteiger partial charge in [-0.2, -0.15) is 0 Å². The van der Waals surface area contributed by atoms with E-state index in [9.17, 15) is 4.79 Å². The van der Waals surface area contributed by atoms with Gasteiger partial charge in [-0.1, -0.05) is 15.9 Å². The van der Waals surface area contributed by atoms with Crippen LogP contribution in [0.2, 0.25) is 0 Å². The van der Waals surface area contributed by atoms with Gasteiger partial charge in [0.2, 0.25) is 5.91 Å². The maximum Gasteiger partial charge on any atom is 0.223 e. The molecule has 1 aliphatic rings. The van der Waals surface area contributed by atoms with Gasteiger partial charge in [0.25, 0.3) is 0 Å². The molecule has 4 heteroatoms. The van der Waals surface area contributed by atoms with Crippen molar-refractivity contribution < 1.29 is 9.53 Å². The summed E-state index contributed by atoms with van der Waals surface area (Å²) in [6, 6.07) is 0. The molecule has 0 atom stereocenters. The van der Waals surface area contributed by atoms with Gasteiger partial charge in [-0.3, -0.25) is 4.79 Å². The molecule has 1 heterocycles. The van der Waals surface area contributed by atoms with E-state index in [1.54, 1.807) is 0 Å². The first kappa shape index (κ1) is 9.99. The van der Waals surface area contributed by atoms with Gasteiger partial charge in [-0.25, -0.2) is 0 Å². The number of hydrogen-bond acceptors (Lipinski definition) is 2. The van der Waals surface area contributed by atoms with Crippen LogP contribution in [0.25, 0.3) is 0 Å². The number of ether oxygens (including phenoxy) is 1. The normalized spacial score (nSPS) is 19.1. The summed E-state index contributed by atoms with van der Waals surface area (Å²) in [4.78, 5) is 11.4. The Morgan fingerprint density at radius 2 is 2.17 bits per heavy atom. The average molecular weight is 236 g/mol. The molecular formula is C8H14BrNO2. The lowest BCUT2D eigenvalue weighted by atomic mass is 10.00. The van der Waals surface area contributed by atoms with Crippen molar-refractivity contribution in [1.82, 2.24) is 5.32 Å². The van der Waals surface area contributed by atoms with Gasteiger partial charge in [0.05, 0.1) is 0 Å². The Labute approximate surface area is 81.0 Å². The number of alkyl halides is 1. The standard InChI is InChI=1S/C8H14BrNO2/c9-3-4-10-8(11)7-1-5-12-6-2-7/h7H,1-6H2,(H,10,11). The number of carbonyl (C=O) groups excluding carboxylic acids is 1. The summed E-state index contributed by atoms with van der Waals surface area (Å²) in [7, 11) is 0. The zero-order valence-electron chi connectivity index (χ0n) is 7.01. The van der Waals surface area contributed by atoms with E-state index in [2.05, 4.69) is 21.2 Å². The molecule has 0 aromatic rings. The summed E-state index contributed by atoms with van der Waals surface area (Å²) >= 11 is 3.26. The minimum Gasteiger partial charge on any atom is -0.381 e. The molecule has 0 unspecified atom stereocenters. The Balaban J connectivity index is 2.20. The maximum atomic E-state index is 11.4. The van der Waals surface area contributed by atoms with Crippen LogP contribution in [0.1, 0.15) is 12.8 Å². The molecule has 1 saturated heterocycles. The van der Waals surface area contributed by atoms with E-state index in [0.29, 0.717) is 0 Å². The number of carbonyl (C=O) groups is 1. The van der Waals surface area contributed by atoms with E-state index < -0.39 is 0 Å². The van der Waals surface area contributed by atoms with Crippen LogP contribution in [-0.2, 0) is 9.53 Å². The highest BCUT2D eigenvalue weighted by Crippen LogP contribution is 2.14. The van der Waals surface area contributed by atoms with E-state index in [0.717, 1.165) is 37.9 Å². The SMILES string of the molecule is O=C(NCCBr)C1CCOCC1. The first-order valence-electron chi connectivity index (χ1n) is 4.26. The molecule has 1 amide bonds. The smallest absolute Gasteiger partial charge is 0.223 e. The molecule has 1 fully saturated rings. The van der Waals surface area contributed by atoms with Crippen LogP contribution in [0, 0.1) is 5.92 Å². The zero-order chi connectivity index (χ0) is 8.81. The van der Waals surface area contributed by atoms with Gasteiger partial charge >= 0.3 is 0 Å². The molecule has 1 rings (SSSR count). The summed E-state index contributed by atoms with van der Waals surface area (Å²) in [5.41, 5.74) is 0. The second kappa shape index (κ2) is 5.54. The van der Waals surface area contributed by atoms with Gasteiger partial charge < -0.3 is 10.1 Å². The first-order valence-corrected chi connectivity index (χ1v) is 5.38. The fraction of sp³-hybridized carbons (Fsp3) is 0.875. The summed E-state index contributed by atoms with van der Waals surface area (Å²) in [6.45, 7) is 2.18. The van der Waals surface area contributed by atoms with Crippen molar-refractivity contribution >= 4 is 21.8 Å². The summed E-state index contributed by atoms with van der Waals surface area (Å²) in [5, 5.41) is 3.68. The highest BCUT2D eigenvalue weighted by Gasteiger charge is 2.20. The Morgan fingerprint density at radius 1 is 1.50 bits per heavy atom. The third-order valence-corrected chi connectivity index (χ3v) is 2.38. The molecule has 0 spiro atoms. The van der Waals surface area contributed by atoms with Crippen LogP contribution >= 0.6 is 15.9 Å². The number of nitrogens with one attached hydrogen (secondary N) is 1. The van der Waals surface area contributed by atoms with Crippen molar-refractivity contribution in [2.75, 3.05) is 25.1 Å². The zero-order valence-corrected chi connectivity index (χ0v) is 8.60. The van der Waals surface area contributed by atoms with Crippen LogP contribution in [-0.4, -0.2) is 31.0 Å². The summed E-state index contributed by atoms with van der Waals surface area (Å²) in [5.74, 6) is 0.357. The molecule has 0 radical (unpaired) electrons. The molecule has 0 aliphatic carbocycles. The van der Waals surface area contributed by atoms with Crippen molar-refractivity contribution in [2.45, 2.75) is 12.8 Å². The molecule has 0 bridgehead atoms. The van der Waals surface area contributed by atoms with Crippen molar-refractivity contribution in [3.8, 4) is 0 Å². The Kier molecular flexibility index (Phi) is 4.61. The Hall–Kier alpha value is -0.0900. The minimum absolute atomic E-state index is 0.178. The van der Waals surface area contributed by atoms with Gasteiger partial charge in [0.1, 0.15) is 0 Å². The molecule has 0 aromatic heterocycles. The summed E-state index contributed by atoms with van der Waals surface area (Å²) < 4.78 is 5.17. The minimum atomic E-state index is 0.178. The number of hydrogen-bond donors (Lipinski definition) is 1. The molecule has 0 aromatic carbocycles. The lowest BCUT2D eigenvalue weighted by Gasteiger charge is -2.20. The number of amides is 1. The molecule has 12 heavy (non-hydrogen) atoms. The second-order valence-electron chi connectivity index (χ2n) is 2.87. The fourth-order valence-electron chi connectivity index (χ4n) is 1.27. The molecular weight excluding hydrogens is 222 g/mol. The quantitative estimate of drug-likeness (QED) is 0.740. The molecule has 70 valence electrons. The number of rotatable bonds is 3. The third-order valence-electron chi connectivity index (χ3n) is 1.99. The Morgan fingerprint density at radius 3 is 2.75 bits per heavy atom. The van der Waals surface area contributed by atoms with Gasteiger partial charge in [-0.15, -0.1) is 0 Å². The maximum absolute atomic E-state index is 11.4. The van der Waals surface area contributed by atoms with Crippen molar-refractivity contribution in [3.05, 3.63) is 0 Å². The van der Waals surface area contributed by atoms with Crippen LogP contribution in [0.4, 0.5) is 0 Å². The molecule has 3 nitrogen and oxygen atoms in total. The van der Waals surface area contributed by atoms with Crippen LogP contribution < -0.4 is 5.32 Å². The van der Waals surface area contributed by atoms with Crippen molar-refractivity contribution in [2.24, 2.45) is 5.92 Å². The van der Waals surface area contributed by atoms with E-state index in [1.807, 2.05) is 0 Å². The summed E-state index contributed by atoms with van der Waals surface area (Å²) in [6.07, 6.45) is 1.74. The van der Waals surface area contributed by atoms with Crippen molar-refractivity contribution in [3.63, 3.8) is 0 Å². The highest BCUT2D eigenvalue weighted by molar-refractivity contribution is 9.09. The average Bonchev–Trinajstić information content (AvgIpc) is 2.15. The lowest BCUT2D eigenvalue weighted by molar-refractivity contribution is -0.127. The van der Waals surface area contributed by atoms with Gasteiger partial charge in [0, 0.05) is 31.0 Å². The predicted molar refractivity (Wildman–Crippen MR) is 50.3 cm³/mol. The van der Waals surface area contributed by atoms with E-state index >= 15 is 0 Å². The number of halogens is 1. The molecule has 0 saturated carbocycles. The second-order valence-corrected chi connectivity index (χ2v) is 3.66. The lowest BCUT2D eigenvalue weighted by Crippen LogP contribution is -2.35. The largest absolute Gasteiger partial charge is 0.381 e. The highest BCUT2D eigenvalue weighted by atomic mass is 79.9. The van der Waals surface area contributed by atoms with Gasteiger partial charge in [0.15, 0.2) is 0 Å². The monoisotopic (exact) mass is 235 g/mol. The Bertz CT molecular complexity index is 146. The molecule has 1 aliphatic heterocycles. The van der Waals surface area contributed by atoms with E-state index in [1.165, 1.54) is 0 Å². The van der Waals surface area contributed by atoms with Crippen LogP contribution in [0.3, 0.4) is 0 Å².